The Morgan fingerprint density at radius 1 is 1.47 bits per heavy atom. The summed E-state index contributed by atoms with van der Waals surface area (Å²) in [6, 6.07) is 1.95. The Bertz CT molecular complexity index is 478. The molecule has 0 saturated carbocycles. The Morgan fingerprint density at radius 2 is 2.16 bits per heavy atom. The molecule has 0 unspecified atom stereocenters. The molecule has 104 valence electrons. The molecule has 19 heavy (non-hydrogen) atoms. The van der Waals surface area contributed by atoms with Crippen molar-refractivity contribution in [3.63, 3.8) is 0 Å². The van der Waals surface area contributed by atoms with Gasteiger partial charge in [0.15, 0.2) is 5.75 Å². The molecule has 0 atom stereocenters. The van der Waals surface area contributed by atoms with E-state index in [0.717, 1.165) is 38.1 Å². The summed E-state index contributed by atoms with van der Waals surface area (Å²) >= 11 is 5.54. The van der Waals surface area contributed by atoms with Gasteiger partial charge in [0.1, 0.15) is 5.82 Å². The van der Waals surface area contributed by atoms with Crippen LogP contribution in [0.15, 0.2) is 12.1 Å². The highest BCUT2D eigenvalue weighted by Crippen LogP contribution is 2.32. The number of nitrogens with zero attached hydrogens (tertiary/aromatic N) is 1. The molecule has 0 radical (unpaired) electrons. The van der Waals surface area contributed by atoms with E-state index in [-0.39, 0.29) is 16.5 Å². The molecule has 1 aromatic rings. The van der Waals surface area contributed by atoms with E-state index in [2.05, 4.69) is 5.32 Å². The molecule has 1 heterocycles. The van der Waals surface area contributed by atoms with Gasteiger partial charge in [-0.25, -0.2) is 4.39 Å². The van der Waals surface area contributed by atoms with Crippen molar-refractivity contribution >= 4 is 17.3 Å². The van der Waals surface area contributed by atoms with Crippen LogP contribution in [0.1, 0.15) is 12.8 Å². The third-order valence-corrected chi connectivity index (χ3v) is 3.42. The van der Waals surface area contributed by atoms with Crippen molar-refractivity contribution in [2.24, 2.45) is 5.92 Å². The third-order valence-electron chi connectivity index (χ3n) is 3.13. The Hall–Kier alpha value is -1.40. The summed E-state index contributed by atoms with van der Waals surface area (Å²) in [7, 11) is 0. The second-order valence-electron chi connectivity index (χ2n) is 4.50. The summed E-state index contributed by atoms with van der Waals surface area (Å²) in [6.07, 6.45) is 1.90. The molecule has 1 N–H and O–H groups in total. The maximum Gasteiger partial charge on any atom is 0.312 e. The molecule has 1 aliphatic rings. The van der Waals surface area contributed by atoms with E-state index in [0.29, 0.717) is 12.5 Å². The monoisotopic (exact) mass is 288 g/mol. The summed E-state index contributed by atoms with van der Waals surface area (Å²) < 4.78 is 18.7. The van der Waals surface area contributed by atoms with Gasteiger partial charge in [-0.05, 0) is 31.8 Å². The molecule has 2 rings (SSSR count). The van der Waals surface area contributed by atoms with E-state index in [1.165, 1.54) is 0 Å². The fourth-order valence-electron chi connectivity index (χ4n) is 2.03. The molecule has 5 nitrogen and oxygen atoms in total. The second kappa shape index (κ2) is 6.16. The Kier molecular flexibility index (Phi) is 4.55. The Morgan fingerprint density at radius 3 is 2.79 bits per heavy atom. The number of hydrogen-bond acceptors (Lipinski definition) is 4. The van der Waals surface area contributed by atoms with E-state index in [9.17, 15) is 14.5 Å². The maximum absolute atomic E-state index is 13.3. The quantitative estimate of drug-likeness (QED) is 0.683. The average molecular weight is 289 g/mol. The minimum Gasteiger partial charge on any atom is -0.486 e. The van der Waals surface area contributed by atoms with E-state index in [1.807, 2.05) is 0 Å². The van der Waals surface area contributed by atoms with Crippen LogP contribution in [0.25, 0.3) is 0 Å². The standard InChI is InChI=1S/C12H14ClFN2O3/c13-9-5-11(16(17)18)12(6-10(9)14)19-7-8-1-3-15-4-2-8/h5-6,8,15H,1-4,7H2. The van der Waals surface area contributed by atoms with Crippen LogP contribution in [0.3, 0.4) is 0 Å². The van der Waals surface area contributed by atoms with Gasteiger partial charge in [0.2, 0.25) is 0 Å². The van der Waals surface area contributed by atoms with Gasteiger partial charge in [0, 0.05) is 12.1 Å². The van der Waals surface area contributed by atoms with Gasteiger partial charge in [0.25, 0.3) is 0 Å². The molecule has 1 aromatic carbocycles. The summed E-state index contributed by atoms with van der Waals surface area (Å²) in [5, 5.41) is 13.8. The van der Waals surface area contributed by atoms with Gasteiger partial charge in [-0.2, -0.15) is 0 Å². The first-order valence-corrected chi connectivity index (χ1v) is 6.42. The van der Waals surface area contributed by atoms with Crippen molar-refractivity contribution in [3.8, 4) is 5.75 Å². The van der Waals surface area contributed by atoms with Crippen molar-refractivity contribution in [2.75, 3.05) is 19.7 Å². The summed E-state index contributed by atoms with van der Waals surface area (Å²) in [5.41, 5.74) is -0.305. The molecule has 0 aromatic heterocycles. The number of nitrogens with one attached hydrogen (secondary N) is 1. The number of nitro groups is 1. The molecule has 7 heteroatoms. The normalized spacial score (nSPS) is 16.3. The number of ether oxygens (including phenoxy) is 1. The summed E-state index contributed by atoms with van der Waals surface area (Å²) in [5.74, 6) is -0.447. The van der Waals surface area contributed by atoms with E-state index >= 15 is 0 Å². The van der Waals surface area contributed by atoms with E-state index in [1.54, 1.807) is 0 Å². The van der Waals surface area contributed by atoms with E-state index in [4.69, 9.17) is 16.3 Å². The number of hydrogen-bond donors (Lipinski definition) is 1. The van der Waals surface area contributed by atoms with Crippen molar-refractivity contribution < 1.29 is 14.1 Å². The topological polar surface area (TPSA) is 64.4 Å². The van der Waals surface area contributed by atoms with Gasteiger partial charge in [-0.3, -0.25) is 10.1 Å². The molecular weight excluding hydrogens is 275 g/mol. The predicted molar refractivity (Wildman–Crippen MR) is 69.2 cm³/mol. The van der Waals surface area contributed by atoms with Crippen LogP contribution in [-0.4, -0.2) is 24.6 Å². The Labute approximate surface area is 114 Å². The lowest BCUT2D eigenvalue weighted by molar-refractivity contribution is -0.386. The molecule has 0 spiro atoms. The molecular formula is C12H14ClFN2O3. The van der Waals surface area contributed by atoms with Crippen molar-refractivity contribution in [2.45, 2.75) is 12.8 Å². The SMILES string of the molecule is O=[N+]([O-])c1cc(Cl)c(F)cc1OCC1CCNCC1. The smallest absolute Gasteiger partial charge is 0.312 e. The van der Waals surface area contributed by atoms with Crippen LogP contribution in [0, 0.1) is 21.8 Å². The van der Waals surface area contributed by atoms with Crippen molar-refractivity contribution in [3.05, 3.63) is 33.1 Å². The van der Waals surface area contributed by atoms with Gasteiger partial charge in [0.05, 0.1) is 16.6 Å². The van der Waals surface area contributed by atoms with Crippen LogP contribution in [0.4, 0.5) is 10.1 Å². The van der Waals surface area contributed by atoms with Crippen LogP contribution < -0.4 is 10.1 Å². The predicted octanol–water partition coefficient (Wildman–Crippen LogP) is 2.77. The van der Waals surface area contributed by atoms with Crippen LogP contribution in [0.2, 0.25) is 5.02 Å². The zero-order chi connectivity index (χ0) is 13.8. The number of rotatable bonds is 4. The fraction of sp³-hybridized carbons (Fsp3) is 0.500. The molecule has 1 saturated heterocycles. The number of halogens is 2. The van der Waals surface area contributed by atoms with Gasteiger partial charge >= 0.3 is 5.69 Å². The molecule has 0 bridgehead atoms. The molecule has 1 aliphatic heterocycles. The number of benzene rings is 1. The lowest BCUT2D eigenvalue weighted by Gasteiger charge is -2.22. The molecule has 1 fully saturated rings. The lowest BCUT2D eigenvalue weighted by atomic mass is 9.99. The number of piperidine rings is 1. The molecule has 0 aliphatic carbocycles. The average Bonchev–Trinajstić information content (AvgIpc) is 2.40. The maximum atomic E-state index is 13.3. The van der Waals surface area contributed by atoms with Gasteiger partial charge in [-0.15, -0.1) is 0 Å². The first kappa shape index (κ1) is 14.0. The van der Waals surface area contributed by atoms with Gasteiger partial charge in [-0.1, -0.05) is 11.6 Å². The van der Waals surface area contributed by atoms with Gasteiger partial charge < -0.3 is 10.1 Å². The summed E-state index contributed by atoms with van der Waals surface area (Å²) in [4.78, 5) is 10.2. The van der Waals surface area contributed by atoms with Crippen molar-refractivity contribution in [1.82, 2.24) is 5.32 Å². The second-order valence-corrected chi connectivity index (χ2v) is 4.90. The molecule has 0 amide bonds. The number of nitro benzene ring substituents is 1. The minimum atomic E-state index is -0.715. The largest absolute Gasteiger partial charge is 0.486 e. The van der Waals surface area contributed by atoms with Crippen LogP contribution >= 0.6 is 11.6 Å². The zero-order valence-electron chi connectivity index (χ0n) is 10.2. The van der Waals surface area contributed by atoms with E-state index < -0.39 is 10.7 Å². The summed E-state index contributed by atoms with van der Waals surface area (Å²) in [6.45, 7) is 2.17. The highest BCUT2D eigenvalue weighted by molar-refractivity contribution is 6.31. The zero-order valence-corrected chi connectivity index (χ0v) is 11.0. The highest BCUT2D eigenvalue weighted by Gasteiger charge is 2.21. The lowest BCUT2D eigenvalue weighted by Crippen LogP contribution is -2.30. The van der Waals surface area contributed by atoms with Crippen LogP contribution in [-0.2, 0) is 0 Å². The highest BCUT2D eigenvalue weighted by atomic mass is 35.5. The third kappa shape index (κ3) is 3.54. The van der Waals surface area contributed by atoms with Crippen molar-refractivity contribution in [1.29, 1.82) is 0 Å². The first-order valence-electron chi connectivity index (χ1n) is 6.05. The first-order chi connectivity index (χ1) is 9.08. The minimum absolute atomic E-state index is 0.0644. The van der Waals surface area contributed by atoms with Crippen LogP contribution in [0.5, 0.6) is 5.75 Å². The fourth-order valence-corrected chi connectivity index (χ4v) is 2.19. The Balaban J connectivity index is 2.09.